The van der Waals surface area contributed by atoms with Gasteiger partial charge in [0.1, 0.15) is 0 Å². The molecule has 0 aliphatic carbocycles. The van der Waals surface area contributed by atoms with E-state index in [9.17, 15) is 13.2 Å². The number of anilines is 1. The first-order chi connectivity index (χ1) is 14.0. The number of nitrogens with zero attached hydrogens (tertiary/aromatic N) is 2. The number of amides is 1. The maximum atomic E-state index is 12.7. The number of aryl methyl sites for hydroxylation is 1. The minimum absolute atomic E-state index is 0.123. The summed E-state index contributed by atoms with van der Waals surface area (Å²) in [7, 11) is -3.49. The summed E-state index contributed by atoms with van der Waals surface area (Å²) in [6, 6.07) is 14.5. The normalized spacial score (nSPS) is 15.0. The molecule has 1 N–H and O–H groups in total. The van der Waals surface area contributed by atoms with Crippen LogP contribution in [0.15, 0.2) is 53.4 Å². The Kier molecular flexibility index (Phi) is 5.94. The molecule has 8 heteroatoms. The molecule has 29 heavy (non-hydrogen) atoms. The van der Waals surface area contributed by atoms with Crippen LogP contribution in [0.1, 0.15) is 30.7 Å². The lowest BCUT2D eigenvalue weighted by Gasteiger charge is -2.16. The third-order valence-electron chi connectivity index (χ3n) is 4.95. The zero-order valence-corrected chi connectivity index (χ0v) is 17.6. The van der Waals surface area contributed by atoms with Crippen molar-refractivity contribution in [3.63, 3.8) is 0 Å². The standard InChI is InChI=1S/C21H23N3O3S2/c25-20(11-6-12-21-23-18-9-1-2-10-19(18)28-21)22-16-7-5-8-17(15-16)29(26,27)24-13-3-4-14-24/h1-2,5,7-10,15H,3-4,6,11-14H2,(H,22,25). The fourth-order valence-corrected chi connectivity index (χ4v) is 6.03. The van der Waals surface area contributed by atoms with E-state index in [4.69, 9.17) is 0 Å². The van der Waals surface area contributed by atoms with Crippen molar-refractivity contribution in [3.8, 4) is 0 Å². The fourth-order valence-electron chi connectivity index (χ4n) is 3.46. The first-order valence-corrected chi connectivity index (χ1v) is 12.0. The van der Waals surface area contributed by atoms with Crippen molar-refractivity contribution in [1.82, 2.24) is 9.29 Å². The van der Waals surface area contributed by atoms with Gasteiger partial charge in [-0.1, -0.05) is 18.2 Å². The Hall–Kier alpha value is -2.29. The van der Waals surface area contributed by atoms with Gasteiger partial charge >= 0.3 is 0 Å². The second-order valence-electron chi connectivity index (χ2n) is 7.12. The minimum atomic E-state index is -3.49. The van der Waals surface area contributed by atoms with Gasteiger partial charge in [-0.25, -0.2) is 13.4 Å². The molecule has 0 radical (unpaired) electrons. The van der Waals surface area contributed by atoms with Crippen LogP contribution < -0.4 is 5.32 Å². The second kappa shape index (κ2) is 8.61. The number of nitrogens with one attached hydrogen (secondary N) is 1. The summed E-state index contributed by atoms with van der Waals surface area (Å²) in [4.78, 5) is 17.1. The molecule has 3 aromatic rings. The van der Waals surface area contributed by atoms with Gasteiger partial charge in [0, 0.05) is 25.2 Å². The van der Waals surface area contributed by atoms with Crippen molar-refractivity contribution in [3.05, 3.63) is 53.5 Å². The van der Waals surface area contributed by atoms with Gasteiger partial charge in [-0.2, -0.15) is 4.31 Å². The summed E-state index contributed by atoms with van der Waals surface area (Å²) in [5.41, 5.74) is 1.50. The van der Waals surface area contributed by atoms with Crippen LogP contribution in [0.3, 0.4) is 0 Å². The van der Waals surface area contributed by atoms with Gasteiger partial charge < -0.3 is 5.32 Å². The monoisotopic (exact) mass is 429 g/mol. The molecule has 6 nitrogen and oxygen atoms in total. The molecule has 0 bridgehead atoms. The highest BCUT2D eigenvalue weighted by molar-refractivity contribution is 7.89. The summed E-state index contributed by atoms with van der Waals surface area (Å²) in [5, 5.41) is 3.84. The summed E-state index contributed by atoms with van der Waals surface area (Å²) >= 11 is 1.66. The molecular formula is C21H23N3O3S2. The number of fused-ring (bicyclic) bond motifs is 1. The van der Waals surface area contributed by atoms with E-state index >= 15 is 0 Å². The Bertz CT molecular complexity index is 1090. The summed E-state index contributed by atoms with van der Waals surface area (Å²) in [6.07, 6.45) is 3.58. The van der Waals surface area contributed by atoms with E-state index < -0.39 is 10.0 Å². The zero-order chi connectivity index (χ0) is 20.3. The maximum absolute atomic E-state index is 12.7. The van der Waals surface area contributed by atoms with Crippen molar-refractivity contribution in [2.45, 2.75) is 37.0 Å². The molecule has 0 saturated carbocycles. The Balaban J connectivity index is 1.33. The first-order valence-electron chi connectivity index (χ1n) is 9.77. The molecule has 1 aromatic heterocycles. The number of aromatic nitrogens is 1. The number of hydrogen-bond acceptors (Lipinski definition) is 5. The molecule has 4 rings (SSSR count). The minimum Gasteiger partial charge on any atom is -0.326 e. The van der Waals surface area contributed by atoms with Crippen LogP contribution in [0.5, 0.6) is 0 Å². The third-order valence-corrected chi connectivity index (χ3v) is 7.94. The molecular weight excluding hydrogens is 406 g/mol. The van der Waals surface area contributed by atoms with Crippen LogP contribution in [-0.2, 0) is 21.2 Å². The smallest absolute Gasteiger partial charge is 0.243 e. The van der Waals surface area contributed by atoms with E-state index in [-0.39, 0.29) is 10.8 Å². The molecule has 1 saturated heterocycles. The van der Waals surface area contributed by atoms with Gasteiger partial charge in [-0.05, 0) is 56.0 Å². The topological polar surface area (TPSA) is 79.4 Å². The first kappa shape index (κ1) is 20.0. The average molecular weight is 430 g/mol. The number of thiazole rings is 1. The van der Waals surface area contributed by atoms with Gasteiger partial charge in [0.2, 0.25) is 15.9 Å². The van der Waals surface area contributed by atoms with Gasteiger partial charge in [0.25, 0.3) is 0 Å². The predicted octanol–water partition coefficient (Wildman–Crippen LogP) is 4.04. The quantitative estimate of drug-likeness (QED) is 0.615. The molecule has 1 fully saturated rings. The van der Waals surface area contributed by atoms with Crippen LogP contribution in [0.25, 0.3) is 10.2 Å². The highest BCUT2D eigenvalue weighted by Gasteiger charge is 2.27. The number of hydrogen-bond donors (Lipinski definition) is 1. The second-order valence-corrected chi connectivity index (χ2v) is 10.2. The number of rotatable bonds is 7. The van der Waals surface area contributed by atoms with Crippen molar-refractivity contribution in [1.29, 1.82) is 0 Å². The Morgan fingerprint density at radius 2 is 1.90 bits per heavy atom. The molecule has 0 unspecified atom stereocenters. The van der Waals surface area contributed by atoms with E-state index in [0.717, 1.165) is 34.5 Å². The molecule has 0 spiro atoms. The van der Waals surface area contributed by atoms with Crippen LogP contribution >= 0.6 is 11.3 Å². The Labute approximate surface area is 174 Å². The van der Waals surface area contributed by atoms with Gasteiger partial charge in [0.05, 0.1) is 20.1 Å². The van der Waals surface area contributed by atoms with E-state index in [1.54, 1.807) is 35.6 Å². The highest BCUT2D eigenvalue weighted by atomic mass is 32.2. The summed E-state index contributed by atoms with van der Waals surface area (Å²) in [6.45, 7) is 1.12. The number of sulfonamides is 1. The van der Waals surface area contributed by atoms with E-state index in [0.29, 0.717) is 31.6 Å². The Morgan fingerprint density at radius 1 is 1.10 bits per heavy atom. The third kappa shape index (κ3) is 4.66. The molecule has 2 aromatic carbocycles. The van der Waals surface area contributed by atoms with Crippen LogP contribution in [0.2, 0.25) is 0 Å². The van der Waals surface area contributed by atoms with Crippen molar-refractivity contribution >= 4 is 43.2 Å². The molecule has 2 heterocycles. The average Bonchev–Trinajstić information content (AvgIpc) is 3.38. The fraction of sp³-hybridized carbons (Fsp3) is 0.333. The van der Waals surface area contributed by atoms with E-state index in [1.807, 2.05) is 24.3 Å². The lowest BCUT2D eigenvalue weighted by Crippen LogP contribution is -2.27. The highest BCUT2D eigenvalue weighted by Crippen LogP contribution is 2.24. The number of para-hydroxylation sites is 1. The van der Waals surface area contributed by atoms with Crippen LogP contribution in [0.4, 0.5) is 5.69 Å². The molecule has 1 aliphatic rings. The maximum Gasteiger partial charge on any atom is 0.243 e. The van der Waals surface area contributed by atoms with Crippen molar-refractivity contribution in [2.75, 3.05) is 18.4 Å². The number of carbonyl (C=O) groups is 1. The SMILES string of the molecule is O=C(CCCc1nc2ccccc2s1)Nc1cccc(S(=O)(=O)N2CCCC2)c1. The predicted molar refractivity (Wildman–Crippen MR) is 116 cm³/mol. The zero-order valence-electron chi connectivity index (χ0n) is 16.0. The van der Waals surface area contributed by atoms with Crippen LogP contribution in [0, 0.1) is 0 Å². The van der Waals surface area contributed by atoms with Gasteiger partial charge in [0.15, 0.2) is 0 Å². The number of carbonyl (C=O) groups excluding carboxylic acids is 1. The lowest BCUT2D eigenvalue weighted by atomic mass is 10.2. The van der Waals surface area contributed by atoms with E-state index in [2.05, 4.69) is 10.3 Å². The largest absolute Gasteiger partial charge is 0.326 e. The van der Waals surface area contributed by atoms with Gasteiger partial charge in [-0.15, -0.1) is 11.3 Å². The number of benzene rings is 2. The van der Waals surface area contributed by atoms with Gasteiger partial charge in [-0.3, -0.25) is 4.79 Å². The molecule has 1 aliphatic heterocycles. The molecule has 1 amide bonds. The molecule has 152 valence electrons. The van der Waals surface area contributed by atoms with Crippen molar-refractivity contribution in [2.24, 2.45) is 0 Å². The van der Waals surface area contributed by atoms with E-state index in [1.165, 1.54) is 4.31 Å². The van der Waals surface area contributed by atoms with Crippen LogP contribution in [-0.4, -0.2) is 36.7 Å². The molecule has 0 atom stereocenters. The summed E-state index contributed by atoms with van der Waals surface area (Å²) < 4.78 is 28.0. The Morgan fingerprint density at radius 3 is 2.69 bits per heavy atom. The lowest BCUT2D eigenvalue weighted by molar-refractivity contribution is -0.116. The summed E-state index contributed by atoms with van der Waals surface area (Å²) in [5.74, 6) is -0.123. The van der Waals surface area contributed by atoms with Crippen molar-refractivity contribution < 1.29 is 13.2 Å².